The second kappa shape index (κ2) is 13.3. The third kappa shape index (κ3) is 7.29. The van der Waals surface area contributed by atoms with Gasteiger partial charge in [-0.25, -0.2) is 0 Å². The van der Waals surface area contributed by atoms with Crippen molar-refractivity contribution in [1.82, 2.24) is 5.32 Å². The van der Waals surface area contributed by atoms with Crippen LogP contribution in [-0.2, 0) is 34.5 Å². The zero-order valence-electron chi connectivity index (χ0n) is 28.3. The number of ether oxygens (including phenoxy) is 1. The molecular weight excluding hydrogens is 577 g/mol. The number of nitrogens with one attached hydrogen (secondary N) is 1. The molecule has 43 heavy (non-hydrogen) atoms. The fraction of sp³-hybridized carbons (Fsp3) is 0.818. The number of rotatable bonds is 14. The van der Waals surface area contributed by atoms with Gasteiger partial charge in [-0.3, -0.25) is 9.59 Å². The summed E-state index contributed by atoms with van der Waals surface area (Å²) in [7, 11) is -2.72. The number of hydrogen-bond acceptors (Lipinski definition) is 7. The molecule has 7 nitrogen and oxygen atoms in total. The molecule has 1 N–H and O–H groups in total. The van der Waals surface area contributed by atoms with Crippen LogP contribution in [0.3, 0.4) is 0 Å². The molecule has 0 spiro atoms. The zero-order chi connectivity index (χ0) is 31.8. The third-order valence-electron chi connectivity index (χ3n) is 11.2. The molecule has 3 aliphatic carbocycles. The third-order valence-corrected chi connectivity index (χ3v) is 16.7. The molecule has 2 bridgehead atoms. The van der Waals surface area contributed by atoms with Crippen LogP contribution in [0.4, 0.5) is 0 Å². The average molecular weight is 634 g/mol. The first-order valence-corrected chi connectivity index (χ1v) is 20.3. The molecule has 1 saturated heterocycles. The standard InChI is InChI=1S/C33H56BNO6SSi/c1-11-33-20-24(23(33)4)17-27-32(33,8)41-34(39-27)28(35-29(36)19-26-13-12-16-42-26)15-14-25(18-30(37)38-21-22(2)3)40-43(9,10)31(5,6)7/h12-13,16,22-25,27-28H,11,14-15,17-21H2,1-10H3,(H,35,36)/t23?,24-,25+,27-,28+,32-,33-/m1/s1. The number of carbonyl (C=O) groups is 2. The molecule has 2 heterocycles. The monoisotopic (exact) mass is 633 g/mol. The maximum atomic E-state index is 13.3. The fourth-order valence-electron chi connectivity index (χ4n) is 7.46. The van der Waals surface area contributed by atoms with Gasteiger partial charge in [-0.1, -0.05) is 54.5 Å². The van der Waals surface area contributed by atoms with E-state index in [4.69, 9.17) is 18.5 Å². The number of thiophene rings is 1. The molecule has 1 aromatic heterocycles. The molecule has 0 radical (unpaired) electrons. The summed E-state index contributed by atoms with van der Waals surface area (Å²) in [6.45, 7) is 22.4. The Balaban J connectivity index is 1.53. The van der Waals surface area contributed by atoms with Crippen molar-refractivity contribution in [2.24, 2.45) is 23.2 Å². The Kier molecular flexibility index (Phi) is 10.7. The van der Waals surface area contributed by atoms with Gasteiger partial charge in [0.1, 0.15) is 0 Å². The molecule has 10 heteroatoms. The van der Waals surface area contributed by atoms with Crippen LogP contribution in [0.2, 0.25) is 18.1 Å². The smallest absolute Gasteiger partial charge is 0.465 e. The van der Waals surface area contributed by atoms with E-state index in [1.165, 1.54) is 6.42 Å². The summed E-state index contributed by atoms with van der Waals surface area (Å²) in [4.78, 5) is 27.3. The summed E-state index contributed by atoms with van der Waals surface area (Å²) in [6.07, 6.45) is 4.65. The summed E-state index contributed by atoms with van der Waals surface area (Å²) in [5.41, 5.74) is -0.274. The first-order chi connectivity index (χ1) is 20.0. The van der Waals surface area contributed by atoms with Crippen molar-refractivity contribution in [2.75, 3.05) is 6.61 Å². The minimum atomic E-state index is -2.18. The zero-order valence-corrected chi connectivity index (χ0v) is 30.1. The lowest BCUT2D eigenvalue weighted by Crippen LogP contribution is -2.68. The predicted molar refractivity (Wildman–Crippen MR) is 176 cm³/mol. The highest BCUT2D eigenvalue weighted by molar-refractivity contribution is 7.10. The number of carbonyl (C=O) groups excluding carboxylic acids is 2. The fourth-order valence-corrected chi connectivity index (χ4v) is 9.55. The first kappa shape index (κ1) is 34.7. The minimum Gasteiger partial charge on any atom is -0.465 e. The molecule has 3 saturated carbocycles. The molecule has 4 aliphatic rings. The Bertz CT molecular complexity index is 1110. The number of amides is 1. The van der Waals surface area contributed by atoms with Gasteiger partial charge in [-0.05, 0) is 86.4 Å². The second-order valence-electron chi connectivity index (χ2n) is 15.5. The summed E-state index contributed by atoms with van der Waals surface area (Å²) >= 11 is 1.58. The summed E-state index contributed by atoms with van der Waals surface area (Å²) < 4.78 is 26.0. The van der Waals surface area contributed by atoms with E-state index in [0.29, 0.717) is 37.7 Å². The highest BCUT2D eigenvalue weighted by Gasteiger charge is 2.71. The van der Waals surface area contributed by atoms with E-state index in [1.807, 2.05) is 31.4 Å². The van der Waals surface area contributed by atoms with Gasteiger partial charge >= 0.3 is 13.1 Å². The van der Waals surface area contributed by atoms with Crippen LogP contribution >= 0.6 is 11.3 Å². The topological polar surface area (TPSA) is 83.1 Å². The van der Waals surface area contributed by atoms with Crippen LogP contribution in [0.5, 0.6) is 0 Å². The van der Waals surface area contributed by atoms with Crippen molar-refractivity contribution in [3.05, 3.63) is 22.4 Å². The van der Waals surface area contributed by atoms with Gasteiger partial charge in [0, 0.05) is 10.3 Å². The van der Waals surface area contributed by atoms with Crippen molar-refractivity contribution in [3.8, 4) is 0 Å². The van der Waals surface area contributed by atoms with Crippen LogP contribution in [-0.4, -0.2) is 57.7 Å². The molecule has 5 rings (SSSR count). The van der Waals surface area contributed by atoms with E-state index in [2.05, 4.69) is 60.0 Å². The van der Waals surface area contributed by atoms with Crippen molar-refractivity contribution >= 4 is 38.6 Å². The molecule has 4 fully saturated rings. The van der Waals surface area contributed by atoms with Crippen molar-refractivity contribution in [1.29, 1.82) is 0 Å². The molecule has 1 amide bonds. The van der Waals surface area contributed by atoms with Crippen LogP contribution < -0.4 is 5.32 Å². The Morgan fingerprint density at radius 1 is 1.26 bits per heavy atom. The van der Waals surface area contributed by atoms with Gasteiger partial charge in [0.25, 0.3) is 0 Å². The molecule has 0 aromatic carbocycles. The highest BCUT2D eigenvalue weighted by Crippen LogP contribution is 2.69. The van der Waals surface area contributed by atoms with Gasteiger partial charge in [0.15, 0.2) is 8.32 Å². The molecule has 1 aliphatic heterocycles. The molecule has 7 atom stereocenters. The Morgan fingerprint density at radius 2 is 1.98 bits per heavy atom. The highest BCUT2D eigenvalue weighted by atomic mass is 32.1. The summed E-state index contributed by atoms with van der Waals surface area (Å²) in [6, 6.07) is 3.96. The second-order valence-corrected chi connectivity index (χ2v) is 21.3. The number of esters is 1. The lowest BCUT2D eigenvalue weighted by atomic mass is 9.40. The Labute approximate surface area is 265 Å². The normalized spacial score (nSPS) is 30.0. The maximum Gasteiger partial charge on any atom is 0.481 e. The van der Waals surface area contributed by atoms with Gasteiger partial charge in [0.2, 0.25) is 5.91 Å². The van der Waals surface area contributed by atoms with E-state index in [0.717, 1.165) is 17.7 Å². The van der Waals surface area contributed by atoms with Gasteiger partial charge in [-0.15, -0.1) is 11.3 Å². The molecule has 242 valence electrons. The van der Waals surface area contributed by atoms with Crippen LogP contribution in [0.1, 0.15) is 98.8 Å². The van der Waals surface area contributed by atoms with E-state index in [9.17, 15) is 9.59 Å². The quantitative estimate of drug-likeness (QED) is 0.173. The Morgan fingerprint density at radius 3 is 2.56 bits per heavy atom. The predicted octanol–water partition coefficient (Wildman–Crippen LogP) is 7.19. The molecule has 1 unspecified atom stereocenters. The van der Waals surface area contributed by atoms with E-state index in [-0.39, 0.29) is 58.4 Å². The SMILES string of the molecule is CC[C@]12C[C@@H](C[C@H]3OB([C@H](CC[C@@H](CC(=O)OCC(C)C)O[Si](C)(C)C(C)(C)C)NC(=O)Cc4cccs4)O[C@]31C)C2C. The Hall–Kier alpha value is -1.20. The average Bonchev–Trinajstić information content (AvgIpc) is 3.55. The number of hydrogen-bond donors (Lipinski definition) is 1. The van der Waals surface area contributed by atoms with Crippen LogP contribution in [0.15, 0.2) is 17.5 Å². The first-order valence-electron chi connectivity index (χ1n) is 16.5. The summed E-state index contributed by atoms with van der Waals surface area (Å²) in [5, 5.41) is 5.28. The lowest BCUT2D eigenvalue weighted by molar-refractivity contribution is -0.229. The van der Waals surface area contributed by atoms with Crippen molar-refractivity contribution < 1.29 is 28.1 Å². The lowest BCUT2D eigenvalue weighted by Gasteiger charge is -2.67. The van der Waals surface area contributed by atoms with Gasteiger partial charge in [0.05, 0.1) is 43.2 Å². The molecular formula is C33H56BNO6SSi. The van der Waals surface area contributed by atoms with Gasteiger partial charge < -0.3 is 23.8 Å². The largest absolute Gasteiger partial charge is 0.481 e. The van der Waals surface area contributed by atoms with Crippen LogP contribution in [0.25, 0.3) is 0 Å². The minimum absolute atomic E-state index is 0.00462. The van der Waals surface area contributed by atoms with Crippen molar-refractivity contribution in [3.63, 3.8) is 0 Å². The molecule has 1 aromatic rings. The van der Waals surface area contributed by atoms with Crippen molar-refractivity contribution in [2.45, 2.75) is 142 Å². The maximum absolute atomic E-state index is 13.3. The van der Waals surface area contributed by atoms with Gasteiger partial charge in [-0.2, -0.15) is 0 Å². The van der Waals surface area contributed by atoms with E-state index >= 15 is 0 Å². The van der Waals surface area contributed by atoms with E-state index in [1.54, 1.807) is 11.3 Å². The van der Waals surface area contributed by atoms with Crippen LogP contribution in [0, 0.1) is 23.2 Å². The summed E-state index contributed by atoms with van der Waals surface area (Å²) in [5.74, 6) is 0.919. The van der Waals surface area contributed by atoms with E-state index < -0.39 is 15.4 Å².